The summed E-state index contributed by atoms with van der Waals surface area (Å²) in [6.45, 7) is 3.16. The van der Waals surface area contributed by atoms with Crippen LogP contribution in [0.25, 0.3) is 0 Å². The maximum Gasteiger partial charge on any atom is 0.454 e. The predicted molar refractivity (Wildman–Crippen MR) is 65.3 cm³/mol. The Labute approximate surface area is 112 Å². The number of Topliss-reactive ketones (excluding diaryl/α,β-unsaturated/α-hetero) is 1. The number of ketones is 1. The molecule has 1 aromatic rings. The zero-order chi connectivity index (χ0) is 14.8. The lowest BCUT2D eigenvalue weighted by atomic mass is 10.1. The molecule has 0 heterocycles. The van der Waals surface area contributed by atoms with Crippen LogP contribution in [0.2, 0.25) is 5.02 Å². The first-order chi connectivity index (χ1) is 8.62. The van der Waals surface area contributed by atoms with Gasteiger partial charge in [0, 0.05) is 10.9 Å². The third-order valence-corrected chi connectivity index (χ3v) is 2.50. The van der Waals surface area contributed by atoms with Crippen molar-refractivity contribution in [3.05, 3.63) is 28.8 Å². The van der Waals surface area contributed by atoms with Gasteiger partial charge in [0.05, 0.1) is 11.3 Å². The van der Waals surface area contributed by atoms with E-state index in [4.69, 9.17) is 11.6 Å². The average Bonchev–Trinajstić information content (AvgIpc) is 2.29. The van der Waals surface area contributed by atoms with Crippen molar-refractivity contribution in [3.63, 3.8) is 0 Å². The van der Waals surface area contributed by atoms with Crippen LogP contribution in [0.15, 0.2) is 18.2 Å². The Morgan fingerprint density at radius 2 is 1.84 bits per heavy atom. The van der Waals surface area contributed by atoms with E-state index in [2.05, 4.69) is 5.32 Å². The van der Waals surface area contributed by atoms with Gasteiger partial charge in [0.25, 0.3) is 5.78 Å². The summed E-state index contributed by atoms with van der Waals surface area (Å²) in [4.78, 5) is 22.7. The van der Waals surface area contributed by atoms with E-state index in [1.165, 1.54) is 12.1 Å². The lowest BCUT2D eigenvalue weighted by molar-refractivity contribution is -0.118. The van der Waals surface area contributed by atoms with E-state index in [0.717, 1.165) is 6.07 Å². The first-order valence-electron chi connectivity index (χ1n) is 5.35. The van der Waals surface area contributed by atoms with Crippen LogP contribution in [0.5, 0.6) is 0 Å². The lowest BCUT2D eigenvalue weighted by Gasteiger charge is -2.13. The fourth-order valence-electron chi connectivity index (χ4n) is 1.24. The highest BCUT2D eigenvalue weighted by molar-refractivity contribution is 6.31. The maximum absolute atomic E-state index is 12.4. The molecule has 0 aromatic heterocycles. The van der Waals surface area contributed by atoms with Crippen LogP contribution in [0.3, 0.4) is 0 Å². The fourth-order valence-corrected chi connectivity index (χ4v) is 1.42. The summed E-state index contributed by atoms with van der Waals surface area (Å²) in [5.41, 5.74) is -0.876. The third kappa shape index (κ3) is 3.96. The van der Waals surface area contributed by atoms with Crippen molar-refractivity contribution in [2.24, 2.45) is 5.92 Å². The van der Waals surface area contributed by atoms with Crippen molar-refractivity contribution >= 4 is 29.0 Å². The van der Waals surface area contributed by atoms with E-state index < -0.39 is 29.3 Å². The van der Waals surface area contributed by atoms with Crippen LogP contribution in [-0.4, -0.2) is 17.9 Å². The SMILES string of the molecule is CC(C)C(=O)Nc1ccc(Cl)cc1C(=O)C(F)(F)F. The number of hydrogen-bond donors (Lipinski definition) is 1. The second kappa shape index (κ2) is 5.61. The summed E-state index contributed by atoms with van der Waals surface area (Å²) in [5, 5.41) is 2.25. The molecule has 0 aliphatic carbocycles. The molecule has 0 aliphatic rings. The number of rotatable bonds is 3. The molecule has 1 amide bonds. The zero-order valence-electron chi connectivity index (χ0n) is 10.1. The Hall–Kier alpha value is -1.56. The second-order valence-corrected chi connectivity index (χ2v) is 4.60. The highest BCUT2D eigenvalue weighted by Crippen LogP contribution is 2.28. The molecule has 0 radical (unpaired) electrons. The number of anilines is 1. The van der Waals surface area contributed by atoms with Crippen molar-refractivity contribution in [3.8, 4) is 0 Å². The minimum Gasteiger partial charge on any atom is -0.325 e. The molecule has 3 nitrogen and oxygen atoms in total. The largest absolute Gasteiger partial charge is 0.454 e. The molecule has 0 atom stereocenters. The Morgan fingerprint density at radius 3 is 2.32 bits per heavy atom. The normalized spacial score (nSPS) is 11.5. The molecule has 1 rings (SSSR count). The first kappa shape index (κ1) is 15.5. The third-order valence-electron chi connectivity index (χ3n) is 2.27. The van der Waals surface area contributed by atoms with Crippen LogP contribution in [0.4, 0.5) is 18.9 Å². The van der Waals surface area contributed by atoms with Gasteiger partial charge in [0.2, 0.25) is 5.91 Å². The van der Waals surface area contributed by atoms with Crippen LogP contribution in [-0.2, 0) is 4.79 Å². The predicted octanol–water partition coefficient (Wildman–Crippen LogP) is 3.68. The highest BCUT2D eigenvalue weighted by Gasteiger charge is 2.40. The summed E-state index contributed by atoms with van der Waals surface area (Å²) in [7, 11) is 0. The molecule has 0 spiro atoms. The number of carbonyl (C=O) groups excluding carboxylic acids is 2. The number of benzene rings is 1. The minimum absolute atomic E-state index is 0.0184. The van der Waals surface area contributed by atoms with Gasteiger partial charge in [-0.05, 0) is 18.2 Å². The van der Waals surface area contributed by atoms with Crippen molar-refractivity contribution < 1.29 is 22.8 Å². The number of amides is 1. The van der Waals surface area contributed by atoms with Crippen LogP contribution >= 0.6 is 11.6 Å². The van der Waals surface area contributed by atoms with E-state index >= 15 is 0 Å². The smallest absolute Gasteiger partial charge is 0.325 e. The van der Waals surface area contributed by atoms with Crippen molar-refractivity contribution in [2.45, 2.75) is 20.0 Å². The Balaban J connectivity index is 3.19. The van der Waals surface area contributed by atoms with Gasteiger partial charge in [0.15, 0.2) is 0 Å². The van der Waals surface area contributed by atoms with Crippen LogP contribution < -0.4 is 5.32 Å². The van der Waals surface area contributed by atoms with Gasteiger partial charge in [-0.3, -0.25) is 9.59 Å². The second-order valence-electron chi connectivity index (χ2n) is 4.16. The minimum atomic E-state index is -5.03. The average molecular weight is 294 g/mol. The Morgan fingerprint density at radius 1 is 1.26 bits per heavy atom. The number of nitrogens with one attached hydrogen (secondary N) is 1. The molecule has 0 saturated carbocycles. The van der Waals surface area contributed by atoms with Crippen molar-refractivity contribution in [2.75, 3.05) is 5.32 Å². The molecule has 0 bridgehead atoms. The van der Waals surface area contributed by atoms with Gasteiger partial charge in [-0.1, -0.05) is 25.4 Å². The molecular weight excluding hydrogens is 283 g/mol. The zero-order valence-corrected chi connectivity index (χ0v) is 10.9. The van der Waals surface area contributed by atoms with E-state index in [-0.39, 0.29) is 10.7 Å². The van der Waals surface area contributed by atoms with E-state index in [1.54, 1.807) is 13.8 Å². The standard InChI is InChI=1S/C12H11ClF3NO2/c1-6(2)11(19)17-9-4-3-7(13)5-8(9)10(18)12(14,15)16/h3-6H,1-2H3,(H,17,19). The van der Waals surface area contributed by atoms with Gasteiger partial charge < -0.3 is 5.32 Å². The van der Waals surface area contributed by atoms with Gasteiger partial charge >= 0.3 is 6.18 Å². The molecule has 7 heteroatoms. The monoisotopic (exact) mass is 293 g/mol. The Kier molecular flexibility index (Phi) is 4.57. The maximum atomic E-state index is 12.4. The molecule has 1 aromatic carbocycles. The summed E-state index contributed by atoms with van der Waals surface area (Å²) in [5.74, 6) is -2.96. The van der Waals surface area contributed by atoms with Gasteiger partial charge in [0.1, 0.15) is 0 Å². The number of alkyl halides is 3. The van der Waals surface area contributed by atoms with Gasteiger partial charge in [-0.25, -0.2) is 0 Å². The number of hydrogen-bond acceptors (Lipinski definition) is 2. The molecule has 0 fully saturated rings. The molecule has 1 N–H and O–H groups in total. The summed E-state index contributed by atoms with van der Waals surface area (Å²) >= 11 is 5.58. The van der Waals surface area contributed by atoms with Crippen molar-refractivity contribution in [1.29, 1.82) is 0 Å². The topological polar surface area (TPSA) is 46.2 Å². The van der Waals surface area contributed by atoms with Crippen molar-refractivity contribution in [1.82, 2.24) is 0 Å². The summed E-state index contributed by atoms with van der Waals surface area (Å²) < 4.78 is 37.3. The molecule has 104 valence electrons. The summed E-state index contributed by atoms with van der Waals surface area (Å²) in [6.07, 6.45) is -5.03. The van der Waals surface area contributed by atoms with Gasteiger partial charge in [-0.15, -0.1) is 0 Å². The first-order valence-corrected chi connectivity index (χ1v) is 5.72. The highest BCUT2D eigenvalue weighted by atomic mass is 35.5. The molecule has 19 heavy (non-hydrogen) atoms. The van der Waals surface area contributed by atoms with E-state index in [0.29, 0.717) is 0 Å². The van der Waals surface area contributed by atoms with Gasteiger partial charge in [-0.2, -0.15) is 13.2 Å². The number of halogens is 4. The molecular formula is C12H11ClF3NO2. The van der Waals surface area contributed by atoms with E-state index in [9.17, 15) is 22.8 Å². The molecule has 0 saturated heterocycles. The van der Waals surface area contributed by atoms with Crippen LogP contribution in [0, 0.1) is 5.92 Å². The fraction of sp³-hybridized carbons (Fsp3) is 0.333. The summed E-state index contributed by atoms with van der Waals surface area (Å²) in [6, 6.07) is 3.35. The van der Waals surface area contributed by atoms with Crippen LogP contribution in [0.1, 0.15) is 24.2 Å². The molecule has 0 aliphatic heterocycles. The lowest BCUT2D eigenvalue weighted by Crippen LogP contribution is -2.26. The van der Waals surface area contributed by atoms with E-state index in [1.807, 2.05) is 0 Å². The number of carbonyl (C=O) groups is 2. The quantitative estimate of drug-likeness (QED) is 0.864. The Bertz CT molecular complexity index is 512. The molecule has 0 unspecified atom stereocenters.